The van der Waals surface area contributed by atoms with E-state index in [0.29, 0.717) is 0 Å². The quantitative estimate of drug-likeness (QED) is 0.678. The van der Waals surface area contributed by atoms with Crippen molar-refractivity contribution < 1.29 is 14.3 Å². The highest BCUT2D eigenvalue weighted by Gasteiger charge is 2.38. The minimum absolute atomic E-state index is 0.0996. The number of aliphatic hydroxyl groups excluding tert-OH is 1. The zero-order chi connectivity index (χ0) is 9.26. The molecular formula is C8H10N2O3. The van der Waals surface area contributed by atoms with Crippen molar-refractivity contribution in [2.24, 2.45) is 5.92 Å². The lowest BCUT2D eigenvalue weighted by Gasteiger charge is -1.99. The Labute approximate surface area is 74.8 Å². The van der Waals surface area contributed by atoms with Crippen molar-refractivity contribution >= 4 is 5.91 Å². The van der Waals surface area contributed by atoms with Gasteiger partial charge in [0.25, 0.3) is 5.91 Å². The molecule has 1 aliphatic carbocycles. The lowest BCUT2D eigenvalue weighted by Crippen LogP contribution is -2.26. The van der Waals surface area contributed by atoms with Gasteiger partial charge in [0.15, 0.2) is 6.39 Å². The molecule has 0 aromatic carbocycles. The third kappa shape index (κ3) is 1.70. The van der Waals surface area contributed by atoms with Crippen LogP contribution in [0.25, 0.3) is 0 Å². The number of oxazole rings is 1. The van der Waals surface area contributed by atoms with Crippen LogP contribution in [0.3, 0.4) is 0 Å². The van der Waals surface area contributed by atoms with Crippen LogP contribution in [0.5, 0.6) is 0 Å². The Kier molecular flexibility index (Phi) is 2.02. The summed E-state index contributed by atoms with van der Waals surface area (Å²) in [6.07, 6.45) is 3.42. The summed E-state index contributed by atoms with van der Waals surface area (Å²) in [7, 11) is 0. The van der Waals surface area contributed by atoms with Gasteiger partial charge in [0.05, 0.1) is 6.20 Å². The average molecular weight is 182 g/mol. The van der Waals surface area contributed by atoms with Gasteiger partial charge < -0.3 is 14.8 Å². The van der Waals surface area contributed by atoms with Crippen molar-refractivity contribution in [1.82, 2.24) is 10.3 Å². The molecule has 5 heteroatoms. The summed E-state index contributed by atoms with van der Waals surface area (Å²) in [5, 5.41) is 11.5. The van der Waals surface area contributed by atoms with E-state index >= 15 is 0 Å². The highest BCUT2D eigenvalue weighted by Crippen LogP contribution is 2.29. The minimum Gasteiger partial charge on any atom is -0.438 e. The number of nitrogens with one attached hydrogen (secondary N) is 1. The second kappa shape index (κ2) is 3.18. The molecule has 1 amide bonds. The molecule has 5 nitrogen and oxygen atoms in total. The SMILES string of the molecule is O=C(NC1CC1CO)c1cnco1. The number of nitrogens with zero attached hydrogens (tertiary/aromatic N) is 1. The summed E-state index contributed by atoms with van der Waals surface area (Å²) >= 11 is 0. The molecule has 1 fully saturated rings. The highest BCUT2D eigenvalue weighted by atomic mass is 16.3. The van der Waals surface area contributed by atoms with E-state index in [9.17, 15) is 4.79 Å². The normalized spacial score (nSPS) is 25.6. The average Bonchev–Trinajstić information content (AvgIpc) is 2.68. The van der Waals surface area contributed by atoms with Crippen LogP contribution in [0.2, 0.25) is 0 Å². The smallest absolute Gasteiger partial charge is 0.288 e. The van der Waals surface area contributed by atoms with Crippen LogP contribution in [0.4, 0.5) is 0 Å². The van der Waals surface area contributed by atoms with Gasteiger partial charge >= 0.3 is 0 Å². The molecule has 0 spiro atoms. The maximum atomic E-state index is 11.3. The van der Waals surface area contributed by atoms with Gasteiger partial charge in [-0.3, -0.25) is 4.79 Å². The highest BCUT2D eigenvalue weighted by molar-refractivity contribution is 5.91. The predicted octanol–water partition coefficient (Wildman–Crippen LogP) is -0.215. The molecule has 1 heterocycles. The van der Waals surface area contributed by atoms with Gasteiger partial charge in [-0.1, -0.05) is 0 Å². The van der Waals surface area contributed by atoms with Crippen molar-refractivity contribution in [1.29, 1.82) is 0 Å². The topological polar surface area (TPSA) is 75.4 Å². The number of amides is 1. The Balaban J connectivity index is 1.87. The fourth-order valence-corrected chi connectivity index (χ4v) is 1.19. The van der Waals surface area contributed by atoms with Crippen molar-refractivity contribution in [2.45, 2.75) is 12.5 Å². The van der Waals surface area contributed by atoms with Gasteiger partial charge in [0, 0.05) is 18.6 Å². The molecule has 0 bridgehead atoms. The first-order chi connectivity index (χ1) is 6.31. The molecule has 0 saturated heterocycles. The Morgan fingerprint density at radius 3 is 3.23 bits per heavy atom. The fourth-order valence-electron chi connectivity index (χ4n) is 1.19. The van der Waals surface area contributed by atoms with Gasteiger partial charge in [-0.25, -0.2) is 4.98 Å². The Morgan fingerprint density at radius 2 is 2.69 bits per heavy atom. The van der Waals surface area contributed by atoms with Gasteiger partial charge in [0.1, 0.15) is 0 Å². The molecular weight excluding hydrogens is 172 g/mol. The van der Waals surface area contributed by atoms with E-state index in [-0.39, 0.29) is 30.2 Å². The third-order valence-corrected chi connectivity index (χ3v) is 2.13. The van der Waals surface area contributed by atoms with Crippen LogP contribution < -0.4 is 5.32 Å². The molecule has 2 rings (SSSR count). The van der Waals surface area contributed by atoms with Crippen LogP contribution in [-0.2, 0) is 0 Å². The number of carbonyl (C=O) groups excluding carboxylic acids is 1. The van der Waals surface area contributed by atoms with E-state index < -0.39 is 0 Å². The summed E-state index contributed by atoms with van der Waals surface area (Å²) in [5.74, 6) is 0.161. The van der Waals surface area contributed by atoms with Gasteiger partial charge in [-0.15, -0.1) is 0 Å². The lowest BCUT2D eigenvalue weighted by atomic mass is 10.4. The number of aliphatic hydroxyl groups is 1. The van der Waals surface area contributed by atoms with E-state index in [1.54, 1.807) is 0 Å². The molecule has 1 aromatic heterocycles. The zero-order valence-electron chi connectivity index (χ0n) is 6.93. The Morgan fingerprint density at radius 1 is 1.85 bits per heavy atom. The molecule has 2 unspecified atom stereocenters. The van der Waals surface area contributed by atoms with E-state index in [2.05, 4.69) is 10.3 Å². The Hall–Kier alpha value is -1.36. The largest absolute Gasteiger partial charge is 0.438 e. The third-order valence-electron chi connectivity index (χ3n) is 2.13. The molecule has 0 radical (unpaired) electrons. The van der Waals surface area contributed by atoms with E-state index in [1.807, 2.05) is 0 Å². The number of aromatic nitrogens is 1. The van der Waals surface area contributed by atoms with Crippen LogP contribution in [0.15, 0.2) is 17.0 Å². The molecule has 2 N–H and O–H groups in total. The molecule has 1 aromatic rings. The summed E-state index contributed by atoms with van der Waals surface area (Å²) in [6, 6.07) is 0.0996. The first-order valence-corrected chi connectivity index (χ1v) is 4.11. The number of carbonyl (C=O) groups is 1. The molecule has 70 valence electrons. The lowest BCUT2D eigenvalue weighted by molar-refractivity contribution is 0.0919. The minimum atomic E-state index is -0.265. The van der Waals surface area contributed by atoms with Crippen molar-refractivity contribution in [3.63, 3.8) is 0 Å². The van der Waals surface area contributed by atoms with Gasteiger partial charge in [-0.2, -0.15) is 0 Å². The summed E-state index contributed by atoms with van der Waals surface area (Å²) in [5.41, 5.74) is 0. The second-order valence-corrected chi connectivity index (χ2v) is 3.12. The number of rotatable bonds is 3. The summed E-state index contributed by atoms with van der Waals surface area (Å²) < 4.78 is 4.81. The second-order valence-electron chi connectivity index (χ2n) is 3.12. The van der Waals surface area contributed by atoms with Crippen molar-refractivity contribution in [3.8, 4) is 0 Å². The van der Waals surface area contributed by atoms with Gasteiger partial charge in [-0.05, 0) is 6.42 Å². The van der Waals surface area contributed by atoms with Crippen molar-refractivity contribution in [3.05, 3.63) is 18.4 Å². The monoisotopic (exact) mass is 182 g/mol. The molecule has 0 aliphatic heterocycles. The van der Waals surface area contributed by atoms with E-state index in [4.69, 9.17) is 9.52 Å². The maximum absolute atomic E-state index is 11.3. The zero-order valence-corrected chi connectivity index (χ0v) is 6.93. The maximum Gasteiger partial charge on any atom is 0.288 e. The van der Waals surface area contributed by atoms with Crippen LogP contribution in [-0.4, -0.2) is 28.6 Å². The summed E-state index contributed by atoms with van der Waals surface area (Å²) in [6.45, 7) is 0.126. The van der Waals surface area contributed by atoms with Gasteiger partial charge in [0.2, 0.25) is 5.76 Å². The first kappa shape index (κ1) is 8.25. The molecule has 2 atom stereocenters. The van der Waals surface area contributed by atoms with Crippen LogP contribution in [0, 0.1) is 5.92 Å². The fraction of sp³-hybridized carbons (Fsp3) is 0.500. The van der Waals surface area contributed by atoms with E-state index in [1.165, 1.54) is 12.6 Å². The Bertz CT molecular complexity index is 296. The number of hydrogen-bond acceptors (Lipinski definition) is 4. The molecule has 13 heavy (non-hydrogen) atoms. The van der Waals surface area contributed by atoms with E-state index in [0.717, 1.165) is 6.42 Å². The number of hydrogen-bond donors (Lipinski definition) is 2. The standard InChI is InChI=1S/C8H10N2O3/c11-3-5-1-6(5)10-8(12)7-2-9-4-13-7/h2,4-6,11H,1,3H2,(H,10,12). The molecule has 1 aliphatic rings. The van der Waals surface area contributed by atoms with Crippen LogP contribution in [0.1, 0.15) is 17.0 Å². The first-order valence-electron chi connectivity index (χ1n) is 4.11. The predicted molar refractivity (Wildman–Crippen MR) is 43.0 cm³/mol. The molecule has 1 saturated carbocycles. The summed E-state index contributed by atoms with van der Waals surface area (Å²) in [4.78, 5) is 14.9. The van der Waals surface area contributed by atoms with Crippen molar-refractivity contribution in [2.75, 3.05) is 6.61 Å². The van der Waals surface area contributed by atoms with Crippen LogP contribution >= 0.6 is 0 Å².